The SMILES string of the molecule is CN(C)C(=O)C1=C/C(=C(/c2ccc(Oc3ccc([N+](=O)[O-])cc3)[n-]2)c2cccc3cccnc23)N=C1Oc1ccc([N+](=O)[O-])cc1.Cc1cc(/C(=C2/C=CC(Oc3ccc([N+](=O)[O-])cc3)=N2)c2cccc3cccnc23)[n-]c1Oc1ccc([N+](=O)[O-])cc1.[Zn+2]. The number of benzene rings is 6. The fourth-order valence-corrected chi connectivity index (χ4v) is 9.24. The van der Waals surface area contributed by atoms with E-state index in [2.05, 4.69) is 9.97 Å². The van der Waals surface area contributed by atoms with Crippen molar-refractivity contribution in [2.45, 2.75) is 6.92 Å². The number of carbonyl (C=O) groups excluding carboxylic acids is 1. The number of nitrogens with zero attached hydrogens (tertiary/aromatic N) is 11. The molecular weight excluding hydrogens is 1200 g/mol. The number of likely N-dealkylation sites (N-methyl/N-ethyl adjacent to an activating group) is 1. The third-order valence-electron chi connectivity index (χ3n) is 13.4. The van der Waals surface area contributed by atoms with Gasteiger partial charge in [0.05, 0.1) is 42.1 Å². The van der Waals surface area contributed by atoms with Crippen molar-refractivity contribution in [2.24, 2.45) is 9.98 Å². The maximum atomic E-state index is 13.3. The standard InChI is InChI=1S/C33H24N6O7.C31H20N5O6.Zn/c1-37(2)33(40)26-19-28(36-32(26)46-24-14-10-22(11-15-24)39(43)44)30(25-7-3-5-20-6-4-18-34-31(20)25)27-16-17-29(35-27)45-23-12-8-21(9-13-23)38(41)42;1-19-18-27(34-31(19)42-24-13-9-22(10-14-24)36(39)40)29(25-6-2-4-20-5-3-17-32-30(20)25)26-15-16-28(33-26)41-23-11-7-21(8-12-23)35(37)38;/h3-19H,1-2H3,(H,35,36,40);2-18H,1H3;/q;-1;+2/p-1/b;29-26-;. The van der Waals surface area contributed by atoms with Crippen LogP contribution >= 0.6 is 0 Å². The number of nitro benzene ring substituents is 4. The smallest absolute Gasteiger partial charge is 0.626 e. The Morgan fingerprint density at radius 3 is 1.45 bits per heavy atom. The number of hydrogen-bond acceptors (Lipinski definition) is 17. The van der Waals surface area contributed by atoms with Crippen molar-refractivity contribution in [2.75, 3.05) is 14.1 Å². The van der Waals surface area contributed by atoms with E-state index in [-0.39, 0.29) is 71.2 Å². The van der Waals surface area contributed by atoms with Crippen LogP contribution in [0.2, 0.25) is 0 Å². The van der Waals surface area contributed by atoms with Gasteiger partial charge in [-0.25, -0.2) is 9.98 Å². The topological polar surface area (TPSA) is 308 Å². The molecule has 0 fully saturated rings. The molecule has 0 radical (unpaired) electrons. The minimum absolute atomic E-state index is 0. The Hall–Kier alpha value is -12.1. The van der Waals surface area contributed by atoms with Crippen molar-refractivity contribution in [3.63, 3.8) is 0 Å². The number of allylic oxidation sites excluding steroid dienone is 2. The molecule has 1 amide bonds. The molecular formula is C64H43N11O13Zn. The summed E-state index contributed by atoms with van der Waals surface area (Å²) in [6.45, 7) is 1.86. The number of rotatable bonds is 15. The van der Waals surface area contributed by atoms with Crippen LogP contribution in [0.1, 0.15) is 28.1 Å². The van der Waals surface area contributed by atoms with E-state index in [1.54, 1.807) is 56.8 Å². The fourth-order valence-electron chi connectivity index (χ4n) is 9.24. The molecule has 2 aliphatic rings. The van der Waals surface area contributed by atoms with Crippen LogP contribution in [-0.2, 0) is 24.3 Å². The number of fused-ring (bicyclic) bond motifs is 2. The van der Waals surface area contributed by atoms with Crippen LogP contribution < -0.4 is 28.9 Å². The summed E-state index contributed by atoms with van der Waals surface area (Å²) in [5, 5.41) is 46.0. The Morgan fingerprint density at radius 1 is 0.494 bits per heavy atom. The second kappa shape index (κ2) is 26.0. The van der Waals surface area contributed by atoms with Crippen LogP contribution in [0.5, 0.6) is 34.8 Å². The number of aryl methyl sites for hydroxylation is 1. The molecule has 0 N–H and O–H groups in total. The van der Waals surface area contributed by atoms with Crippen LogP contribution in [-0.4, -0.2) is 66.4 Å². The van der Waals surface area contributed by atoms with E-state index in [9.17, 15) is 45.3 Å². The van der Waals surface area contributed by atoms with E-state index in [1.807, 2.05) is 73.7 Å². The zero-order valence-electron chi connectivity index (χ0n) is 47.1. The van der Waals surface area contributed by atoms with E-state index < -0.39 is 19.7 Å². The summed E-state index contributed by atoms with van der Waals surface area (Å²) in [5.41, 5.74) is 6.77. The van der Waals surface area contributed by atoms with Crippen LogP contribution in [0.3, 0.4) is 0 Å². The number of aromatic nitrogens is 4. The van der Waals surface area contributed by atoms with Gasteiger partial charge in [0.2, 0.25) is 11.8 Å². The van der Waals surface area contributed by atoms with Gasteiger partial charge in [-0.3, -0.25) is 55.2 Å². The number of para-hydroxylation sites is 2. The van der Waals surface area contributed by atoms with Gasteiger partial charge in [0.25, 0.3) is 28.7 Å². The molecule has 0 bridgehead atoms. The fraction of sp³-hybridized carbons (Fsp3) is 0.0469. The van der Waals surface area contributed by atoms with Crippen molar-refractivity contribution < 1.29 is 62.9 Å². The second-order valence-electron chi connectivity index (χ2n) is 19.5. The van der Waals surface area contributed by atoms with Crippen LogP contribution in [0.25, 0.3) is 33.0 Å². The molecule has 2 aliphatic heterocycles. The van der Waals surface area contributed by atoms with Gasteiger partial charge in [-0.1, -0.05) is 60.7 Å². The number of amides is 1. The summed E-state index contributed by atoms with van der Waals surface area (Å²) in [4.78, 5) is 85.0. The normalized spacial score (nSPS) is 13.4. The maximum absolute atomic E-state index is 13.3. The molecule has 89 heavy (non-hydrogen) atoms. The van der Waals surface area contributed by atoms with Crippen molar-refractivity contribution in [3.05, 3.63) is 292 Å². The van der Waals surface area contributed by atoms with Crippen molar-refractivity contribution in [3.8, 4) is 34.8 Å². The summed E-state index contributed by atoms with van der Waals surface area (Å²) in [5.74, 6) is 1.92. The van der Waals surface area contributed by atoms with Gasteiger partial charge in [-0.15, -0.1) is 11.4 Å². The first-order valence-corrected chi connectivity index (χ1v) is 26.5. The van der Waals surface area contributed by atoms with Crippen LogP contribution in [0.15, 0.2) is 233 Å². The van der Waals surface area contributed by atoms with Gasteiger partial charge >= 0.3 is 19.5 Å². The zero-order chi connectivity index (χ0) is 61.6. The summed E-state index contributed by atoms with van der Waals surface area (Å²) in [6.07, 6.45) is 8.51. The van der Waals surface area contributed by atoms with E-state index in [1.165, 1.54) is 102 Å². The number of ether oxygens (including phenoxy) is 4. The monoisotopic (exact) mass is 1240 g/mol. The molecule has 0 saturated carbocycles. The predicted molar refractivity (Wildman–Crippen MR) is 324 cm³/mol. The first kappa shape index (κ1) is 60.0. The molecule has 0 saturated heterocycles. The van der Waals surface area contributed by atoms with Crippen LogP contribution in [0.4, 0.5) is 22.7 Å². The molecule has 10 aromatic rings. The molecule has 4 aromatic heterocycles. The van der Waals surface area contributed by atoms with Gasteiger partial charge in [0, 0.05) is 115 Å². The Bertz CT molecular complexity index is 4620. The Kier molecular flexibility index (Phi) is 17.6. The minimum atomic E-state index is -0.518. The minimum Gasteiger partial charge on any atom is -0.626 e. The summed E-state index contributed by atoms with van der Waals surface area (Å²) < 4.78 is 23.8. The number of aliphatic imine (C=N–C) groups is 2. The summed E-state index contributed by atoms with van der Waals surface area (Å²) in [6, 6.07) is 47.0. The number of nitro groups is 4. The molecule has 25 heteroatoms. The quantitative estimate of drug-likeness (QED) is 0.0523. The molecule has 0 atom stereocenters. The molecule has 434 valence electrons. The van der Waals surface area contributed by atoms with Gasteiger partial charge in [0.15, 0.2) is 0 Å². The Labute approximate surface area is 516 Å². The van der Waals surface area contributed by atoms with Crippen molar-refractivity contribution in [1.29, 1.82) is 0 Å². The number of pyridine rings is 2. The van der Waals surface area contributed by atoms with Gasteiger partial charge in [0.1, 0.15) is 28.6 Å². The predicted octanol–water partition coefficient (Wildman–Crippen LogP) is 13.0. The van der Waals surface area contributed by atoms with Gasteiger partial charge in [-0.2, -0.15) is 0 Å². The summed E-state index contributed by atoms with van der Waals surface area (Å²) in [7, 11) is 3.20. The molecule has 0 unspecified atom stereocenters. The third-order valence-corrected chi connectivity index (χ3v) is 13.4. The second-order valence-corrected chi connectivity index (χ2v) is 19.5. The van der Waals surface area contributed by atoms with E-state index >= 15 is 0 Å². The summed E-state index contributed by atoms with van der Waals surface area (Å²) >= 11 is 0. The number of hydrogen-bond donors (Lipinski definition) is 0. The molecule has 0 spiro atoms. The molecule has 6 aromatic carbocycles. The largest absolute Gasteiger partial charge is 2.00 e. The average Bonchev–Trinajstić information content (AvgIpc) is 1.82. The Morgan fingerprint density at radius 2 is 0.955 bits per heavy atom. The molecule has 6 heterocycles. The van der Waals surface area contributed by atoms with Gasteiger partial charge in [-0.05, 0) is 103 Å². The first-order chi connectivity index (χ1) is 42.5. The molecule has 0 aliphatic carbocycles. The van der Waals surface area contributed by atoms with Crippen molar-refractivity contribution in [1.82, 2.24) is 24.8 Å². The first-order valence-electron chi connectivity index (χ1n) is 26.5. The average molecular weight is 1240 g/mol. The number of non-ortho nitro benzene ring substituents is 4. The van der Waals surface area contributed by atoms with Crippen LogP contribution in [0, 0.1) is 47.4 Å². The van der Waals surface area contributed by atoms with E-state index in [4.69, 9.17) is 38.9 Å². The van der Waals surface area contributed by atoms with E-state index in [0.29, 0.717) is 74.0 Å². The number of carbonyl (C=O) groups is 1. The Balaban J connectivity index is 0.000000195. The van der Waals surface area contributed by atoms with Crippen molar-refractivity contribution >= 4 is 73.4 Å². The molecule has 12 rings (SSSR count). The van der Waals surface area contributed by atoms with E-state index in [0.717, 1.165) is 27.4 Å². The zero-order valence-corrected chi connectivity index (χ0v) is 50.0. The maximum Gasteiger partial charge on any atom is 2.00 e. The third kappa shape index (κ3) is 13.4. The molecule has 24 nitrogen and oxygen atoms in total. The van der Waals surface area contributed by atoms with Gasteiger partial charge < -0.3 is 33.8 Å².